The number of hydrogen-bond donors (Lipinski definition) is 1. The number of hydrogen-bond acceptors (Lipinski definition) is 5. The molecule has 1 fully saturated rings. The lowest BCUT2D eigenvalue weighted by Gasteiger charge is -2.26. The molecule has 0 aliphatic carbocycles. The van der Waals surface area contributed by atoms with Gasteiger partial charge in [0.25, 0.3) is 10.0 Å². The molecule has 0 spiro atoms. The summed E-state index contributed by atoms with van der Waals surface area (Å²) in [5.41, 5.74) is 1.36. The minimum atomic E-state index is -3.83. The Morgan fingerprint density at radius 3 is 2.56 bits per heavy atom. The second-order valence-electron chi connectivity index (χ2n) is 7.71. The molecule has 0 radical (unpaired) electrons. The Morgan fingerprint density at radius 1 is 1.16 bits per heavy atom. The van der Waals surface area contributed by atoms with Crippen LogP contribution >= 0.6 is 35.0 Å². The van der Waals surface area contributed by atoms with Crippen molar-refractivity contribution in [1.29, 1.82) is 0 Å². The molecule has 0 amide bonds. The van der Waals surface area contributed by atoms with E-state index in [1.807, 2.05) is 17.9 Å². The third kappa shape index (κ3) is 6.11. The zero-order chi connectivity index (χ0) is 23.3. The van der Waals surface area contributed by atoms with Gasteiger partial charge in [-0.15, -0.1) is 11.8 Å². The summed E-state index contributed by atoms with van der Waals surface area (Å²) in [6, 6.07) is 11.0. The normalized spacial score (nSPS) is 16.9. The average Bonchev–Trinajstić information content (AvgIpc) is 3.22. The number of carboxylic acid groups (broad SMARTS) is 1. The van der Waals surface area contributed by atoms with Gasteiger partial charge in [-0.05, 0) is 68.3 Å². The Labute approximate surface area is 203 Å². The van der Waals surface area contributed by atoms with E-state index in [2.05, 4.69) is 0 Å². The van der Waals surface area contributed by atoms with Crippen molar-refractivity contribution < 1.29 is 18.3 Å². The lowest BCUT2D eigenvalue weighted by atomic mass is 10.2. The van der Waals surface area contributed by atoms with Crippen LogP contribution in [0.25, 0.3) is 0 Å². The molecule has 1 aliphatic rings. The number of aryl methyl sites for hydroxylation is 1. The molecule has 10 heteroatoms. The number of unbranched alkanes of at least 4 members (excludes halogenated alkanes) is 2. The SMILES string of the molecule is Cc1ccc(Cl)c(N(CCCCCN2CSCC2C(=O)O)S(=O)(=O)c2ccc(Cl)cc2)c1. The summed E-state index contributed by atoms with van der Waals surface area (Å²) in [4.78, 5) is 13.4. The minimum Gasteiger partial charge on any atom is -0.480 e. The zero-order valence-electron chi connectivity index (χ0n) is 17.7. The van der Waals surface area contributed by atoms with Crippen LogP contribution in [0.1, 0.15) is 24.8 Å². The number of rotatable bonds is 10. The molecule has 2 aromatic rings. The average molecular weight is 518 g/mol. The molecular formula is C22H26Cl2N2O4S2. The Hall–Kier alpha value is -1.45. The third-order valence-corrected chi connectivity index (χ3v) is 8.80. The number of anilines is 1. The molecule has 3 rings (SSSR count). The van der Waals surface area contributed by atoms with Crippen molar-refractivity contribution >= 4 is 56.6 Å². The van der Waals surface area contributed by atoms with Gasteiger partial charge in [0.15, 0.2) is 0 Å². The van der Waals surface area contributed by atoms with Gasteiger partial charge >= 0.3 is 5.97 Å². The molecule has 1 saturated heterocycles. The predicted molar refractivity (Wildman–Crippen MR) is 131 cm³/mol. The molecule has 174 valence electrons. The van der Waals surface area contributed by atoms with Gasteiger partial charge in [-0.2, -0.15) is 0 Å². The Morgan fingerprint density at radius 2 is 1.88 bits per heavy atom. The highest BCUT2D eigenvalue weighted by atomic mass is 35.5. The lowest BCUT2D eigenvalue weighted by molar-refractivity contribution is -0.141. The maximum absolute atomic E-state index is 13.4. The van der Waals surface area contributed by atoms with E-state index in [9.17, 15) is 18.3 Å². The number of carboxylic acids is 1. The van der Waals surface area contributed by atoms with Gasteiger partial charge in [0.05, 0.1) is 15.6 Å². The maximum atomic E-state index is 13.4. The zero-order valence-corrected chi connectivity index (χ0v) is 20.9. The summed E-state index contributed by atoms with van der Waals surface area (Å²) in [6.07, 6.45) is 2.18. The van der Waals surface area contributed by atoms with Crippen LogP contribution in [0.5, 0.6) is 0 Å². The number of benzene rings is 2. The van der Waals surface area contributed by atoms with Crippen LogP contribution in [0.3, 0.4) is 0 Å². The number of thioether (sulfide) groups is 1. The summed E-state index contributed by atoms with van der Waals surface area (Å²) in [5.74, 6) is 0.533. The van der Waals surface area contributed by atoms with Gasteiger partial charge in [-0.1, -0.05) is 35.7 Å². The van der Waals surface area contributed by atoms with Crippen LogP contribution in [0, 0.1) is 6.92 Å². The highest BCUT2D eigenvalue weighted by molar-refractivity contribution is 7.99. The number of aliphatic carboxylic acids is 1. The topological polar surface area (TPSA) is 77.9 Å². The molecule has 1 N–H and O–H groups in total. The van der Waals surface area contributed by atoms with E-state index < -0.39 is 22.0 Å². The Kier molecular flexibility index (Phi) is 8.75. The first-order chi connectivity index (χ1) is 15.2. The van der Waals surface area contributed by atoms with E-state index in [1.165, 1.54) is 16.4 Å². The van der Waals surface area contributed by atoms with E-state index in [0.717, 1.165) is 18.4 Å². The van der Waals surface area contributed by atoms with E-state index in [0.29, 0.717) is 40.3 Å². The quantitative estimate of drug-likeness (QED) is 0.441. The predicted octanol–water partition coefficient (Wildman–Crippen LogP) is 5.13. The number of carbonyl (C=O) groups is 1. The fraction of sp³-hybridized carbons (Fsp3) is 0.409. The summed E-state index contributed by atoms with van der Waals surface area (Å²) in [6.45, 7) is 2.84. The smallest absolute Gasteiger partial charge is 0.321 e. The van der Waals surface area contributed by atoms with Gasteiger partial charge in [-0.25, -0.2) is 8.42 Å². The van der Waals surface area contributed by atoms with Gasteiger partial charge in [0.1, 0.15) is 6.04 Å². The molecule has 0 bridgehead atoms. The summed E-state index contributed by atoms with van der Waals surface area (Å²) < 4.78 is 28.3. The van der Waals surface area contributed by atoms with Crippen LogP contribution < -0.4 is 4.31 Å². The fourth-order valence-corrected chi connectivity index (χ4v) is 6.72. The Balaban J connectivity index is 1.71. The summed E-state index contributed by atoms with van der Waals surface area (Å²) in [5, 5.41) is 10.1. The van der Waals surface area contributed by atoms with Gasteiger partial charge < -0.3 is 5.11 Å². The second-order valence-corrected chi connectivity index (χ2v) is 11.4. The molecule has 0 saturated carbocycles. The third-order valence-electron chi connectivity index (χ3n) is 5.34. The minimum absolute atomic E-state index is 0.151. The van der Waals surface area contributed by atoms with Gasteiger partial charge in [0.2, 0.25) is 0 Å². The van der Waals surface area contributed by atoms with Crippen molar-refractivity contribution in [2.24, 2.45) is 0 Å². The van der Waals surface area contributed by atoms with Crippen molar-refractivity contribution in [3.8, 4) is 0 Å². The van der Waals surface area contributed by atoms with Crippen molar-refractivity contribution in [3.05, 3.63) is 58.1 Å². The molecule has 0 aromatic heterocycles. The maximum Gasteiger partial charge on any atom is 0.321 e. The van der Waals surface area contributed by atoms with Crippen LogP contribution in [-0.2, 0) is 14.8 Å². The molecule has 1 aliphatic heterocycles. The molecule has 1 heterocycles. The first kappa shape index (κ1) is 25.2. The highest BCUT2D eigenvalue weighted by Crippen LogP contribution is 2.32. The first-order valence-electron chi connectivity index (χ1n) is 10.3. The molecule has 1 atom stereocenters. The lowest BCUT2D eigenvalue weighted by Crippen LogP contribution is -2.38. The monoisotopic (exact) mass is 516 g/mol. The van der Waals surface area contributed by atoms with Gasteiger partial charge in [-0.3, -0.25) is 14.0 Å². The van der Waals surface area contributed by atoms with E-state index >= 15 is 0 Å². The van der Waals surface area contributed by atoms with Crippen molar-refractivity contribution in [3.63, 3.8) is 0 Å². The van der Waals surface area contributed by atoms with Crippen LogP contribution in [0.15, 0.2) is 47.4 Å². The fourth-order valence-electron chi connectivity index (χ4n) is 3.59. The van der Waals surface area contributed by atoms with Crippen LogP contribution in [-0.4, -0.2) is 55.2 Å². The summed E-state index contributed by atoms with van der Waals surface area (Å²) >= 11 is 13.9. The molecule has 32 heavy (non-hydrogen) atoms. The molecule has 1 unspecified atom stereocenters. The van der Waals surface area contributed by atoms with Crippen LogP contribution in [0.4, 0.5) is 5.69 Å². The molecule has 6 nitrogen and oxygen atoms in total. The second kappa shape index (κ2) is 11.1. The van der Waals surface area contributed by atoms with Crippen LogP contribution in [0.2, 0.25) is 10.0 Å². The van der Waals surface area contributed by atoms with E-state index in [4.69, 9.17) is 23.2 Å². The Bertz CT molecular complexity index is 1050. The highest BCUT2D eigenvalue weighted by Gasteiger charge is 2.30. The molecule has 2 aromatic carbocycles. The number of sulfonamides is 1. The molecular weight excluding hydrogens is 491 g/mol. The van der Waals surface area contributed by atoms with Gasteiger partial charge in [0, 0.05) is 23.2 Å². The van der Waals surface area contributed by atoms with Crippen molar-refractivity contribution in [2.45, 2.75) is 37.1 Å². The number of halogens is 2. The standard InChI is InChI=1S/C22H26Cl2N2O4S2/c1-16-5-10-19(24)20(13-16)26(32(29,30)18-8-6-17(23)7-9-18)12-4-2-3-11-25-15-31-14-21(25)22(27)28/h5-10,13,21H,2-4,11-12,14-15H2,1H3,(H,27,28). The van der Waals surface area contributed by atoms with Crippen molar-refractivity contribution in [1.82, 2.24) is 4.90 Å². The summed E-state index contributed by atoms with van der Waals surface area (Å²) in [7, 11) is -3.83. The largest absolute Gasteiger partial charge is 0.480 e. The first-order valence-corrected chi connectivity index (χ1v) is 13.6. The van der Waals surface area contributed by atoms with Crippen molar-refractivity contribution in [2.75, 3.05) is 29.0 Å². The van der Waals surface area contributed by atoms with E-state index in [-0.39, 0.29) is 11.4 Å². The van der Waals surface area contributed by atoms with E-state index in [1.54, 1.807) is 36.0 Å². The number of nitrogens with zero attached hydrogens (tertiary/aromatic N) is 2.